The van der Waals surface area contributed by atoms with Crippen molar-refractivity contribution in [2.75, 3.05) is 13.2 Å². The molecule has 0 fully saturated rings. The van der Waals surface area contributed by atoms with Gasteiger partial charge in [0.2, 0.25) is 0 Å². The van der Waals surface area contributed by atoms with Crippen LogP contribution in [0.1, 0.15) is 34.1 Å². The fourth-order valence-electron chi connectivity index (χ4n) is 0.840. The Morgan fingerprint density at radius 3 is 1.85 bits per heavy atom. The van der Waals surface area contributed by atoms with E-state index in [0.717, 1.165) is 0 Å². The minimum Gasteiger partial charge on any atom is -0.308 e. The molecule has 0 saturated carbocycles. The van der Waals surface area contributed by atoms with Crippen LogP contribution in [0.25, 0.3) is 0 Å². The normalized spacial score (nSPS) is 17.0. The van der Waals surface area contributed by atoms with Gasteiger partial charge in [-0.25, -0.2) is 0 Å². The molecule has 0 aromatic rings. The maximum atomic E-state index is 12.1. The molecule has 0 saturated heterocycles. The van der Waals surface area contributed by atoms with Gasteiger partial charge in [0.05, 0.1) is 13.2 Å². The highest BCUT2D eigenvalue weighted by Crippen LogP contribution is 2.63. The van der Waals surface area contributed by atoms with Gasteiger partial charge in [-0.1, -0.05) is 6.92 Å². The summed E-state index contributed by atoms with van der Waals surface area (Å²) in [6.45, 7) is 7.78. The summed E-state index contributed by atoms with van der Waals surface area (Å²) in [5.41, 5.74) is 0. The lowest BCUT2D eigenvalue weighted by molar-refractivity contribution is 0.208. The van der Waals surface area contributed by atoms with Gasteiger partial charge in [0.1, 0.15) is 4.62 Å². The quantitative estimate of drug-likeness (QED) is 0.515. The highest BCUT2D eigenvalue weighted by molar-refractivity contribution is 7.57. The van der Waals surface area contributed by atoms with Gasteiger partial charge in [-0.2, -0.15) is 0 Å². The second-order valence-electron chi connectivity index (χ2n) is 2.83. The Morgan fingerprint density at radius 2 is 1.62 bits per heavy atom. The van der Waals surface area contributed by atoms with E-state index in [1.54, 1.807) is 20.8 Å². The van der Waals surface area contributed by atoms with E-state index in [0.29, 0.717) is 19.6 Å². The molecule has 0 rings (SSSR count). The summed E-state index contributed by atoms with van der Waals surface area (Å²) in [5.74, 6) is 0. The van der Waals surface area contributed by atoms with E-state index in [1.807, 2.05) is 6.92 Å². The van der Waals surface area contributed by atoms with Crippen LogP contribution < -0.4 is 0 Å². The topological polar surface area (TPSA) is 35.5 Å². The molecule has 0 aromatic heterocycles. The lowest BCUT2D eigenvalue weighted by Gasteiger charge is -2.29. The molecule has 0 amide bonds. The molecule has 0 bridgehead atoms. The molecule has 1 unspecified atom stereocenters. The minimum atomic E-state index is -3.16. The summed E-state index contributed by atoms with van der Waals surface area (Å²) in [4.78, 5) is 0. The zero-order valence-electron chi connectivity index (χ0n) is 8.67. The molecule has 0 aliphatic rings. The Kier molecular flexibility index (Phi) is 5.53. The van der Waals surface area contributed by atoms with Crippen molar-refractivity contribution in [2.45, 2.75) is 38.7 Å². The molecule has 0 heterocycles. The molecule has 5 heteroatoms. The van der Waals surface area contributed by atoms with Gasteiger partial charge in [0.25, 0.3) is 0 Å². The van der Waals surface area contributed by atoms with Crippen LogP contribution in [-0.2, 0) is 13.6 Å². The molecule has 0 aliphatic heterocycles. The van der Waals surface area contributed by atoms with Crippen LogP contribution in [0.4, 0.5) is 0 Å². The summed E-state index contributed by atoms with van der Waals surface area (Å²) >= 11 is 6.07. The Labute approximate surface area is 85.3 Å². The van der Waals surface area contributed by atoms with E-state index >= 15 is 0 Å². The van der Waals surface area contributed by atoms with Crippen LogP contribution in [0.15, 0.2) is 0 Å². The van der Waals surface area contributed by atoms with Crippen molar-refractivity contribution in [1.82, 2.24) is 0 Å². The average Bonchev–Trinajstić information content (AvgIpc) is 2.05. The van der Waals surface area contributed by atoms with Gasteiger partial charge in [0.15, 0.2) is 0 Å². The van der Waals surface area contributed by atoms with Crippen molar-refractivity contribution in [3.63, 3.8) is 0 Å². The number of halogens is 1. The minimum absolute atomic E-state index is 0.347. The average molecular weight is 229 g/mol. The third-order valence-electron chi connectivity index (χ3n) is 1.81. The van der Waals surface area contributed by atoms with Crippen LogP contribution in [0.2, 0.25) is 0 Å². The van der Waals surface area contributed by atoms with Crippen LogP contribution >= 0.6 is 19.2 Å². The Balaban J connectivity index is 4.67. The van der Waals surface area contributed by atoms with Crippen molar-refractivity contribution in [3.05, 3.63) is 0 Å². The fourth-order valence-corrected chi connectivity index (χ4v) is 2.81. The second-order valence-corrected chi connectivity index (χ2v) is 6.43. The van der Waals surface area contributed by atoms with Crippen molar-refractivity contribution in [3.8, 4) is 0 Å². The first-order chi connectivity index (χ1) is 5.93. The van der Waals surface area contributed by atoms with E-state index in [4.69, 9.17) is 20.6 Å². The predicted octanol–water partition coefficient (Wildman–Crippen LogP) is 3.62. The Bertz CT molecular complexity index is 184. The van der Waals surface area contributed by atoms with Gasteiger partial charge < -0.3 is 9.05 Å². The summed E-state index contributed by atoms with van der Waals surface area (Å²) < 4.78 is 21.4. The summed E-state index contributed by atoms with van der Waals surface area (Å²) in [6, 6.07) is 0. The van der Waals surface area contributed by atoms with E-state index in [-0.39, 0.29) is 0 Å². The van der Waals surface area contributed by atoms with E-state index < -0.39 is 12.2 Å². The molecule has 80 valence electrons. The number of hydrogen-bond acceptors (Lipinski definition) is 3. The Morgan fingerprint density at radius 1 is 1.23 bits per heavy atom. The standard InChI is InChI=1S/C8H18ClO3P/c1-5-8(4,9)13(10,11-6-2)12-7-3/h5-7H2,1-4H3. The molecule has 0 radical (unpaired) electrons. The molecular weight excluding hydrogens is 211 g/mol. The third kappa shape index (κ3) is 3.25. The number of alkyl halides is 1. The van der Waals surface area contributed by atoms with Gasteiger partial charge in [-0.05, 0) is 27.2 Å². The van der Waals surface area contributed by atoms with Crippen LogP contribution in [0.5, 0.6) is 0 Å². The van der Waals surface area contributed by atoms with Crippen molar-refractivity contribution < 1.29 is 13.6 Å². The second kappa shape index (κ2) is 5.35. The molecule has 1 atom stereocenters. The predicted molar refractivity (Wildman–Crippen MR) is 55.4 cm³/mol. The zero-order valence-corrected chi connectivity index (χ0v) is 10.3. The SMILES string of the molecule is CCOP(=O)(OCC)C(C)(Cl)CC. The molecule has 3 nitrogen and oxygen atoms in total. The van der Waals surface area contributed by atoms with E-state index in [1.165, 1.54) is 0 Å². The maximum absolute atomic E-state index is 12.1. The number of rotatable bonds is 6. The summed E-state index contributed by atoms with van der Waals surface area (Å²) in [7, 11) is -3.16. The van der Waals surface area contributed by atoms with Crippen molar-refractivity contribution in [1.29, 1.82) is 0 Å². The zero-order chi connectivity index (χ0) is 10.5. The molecule has 13 heavy (non-hydrogen) atoms. The molecule has 0 spiro atoms. The Hall–Kier alpha value is 0.440. The maximum Gasteiger partial charge on any atom is 0.351 e. The summed E-state index contributed by atoms with van der Waals surface area (Å²) in [5, 5.41) is 0. The molecule has 0 aliphatic carbocycles. The third-order valence-corrected chi connectivity index (χ3v) is 5.36. The van der Waals surface area contributed by atoms with Gasteiger partial charge in [0, 0.05) is 0 Å². The first kappa shape index (κ1) is 13.4. The van der Waals surface area contributed by atoms with E-state index in [2.05, 4.69) is 0 Å². The first-order valence-electron chi connectivity index (χ1n) is 4.51. The fraction of sp³-hybridized carbons (Fsp3) is 1.00. The molecule has 0 aromatic carbocycles. The molecule has 0 N–H and O–H groups in total. The lowest BCUT2D eigenvalue weighted by Crippen LogP contribution is -2.19. The van der Waals surface area contributed by atoms with E-state index in [9.17, 15) is 4.57 Å². The lowest BCUT2D eigenvalue weighted by atomic mass is 10.4. The monoisotopic (exact) mass is 228 g/mol. The van der Waals surface area contributed by atoms with Gasteiger partial charge >= 0.3 is 7.60 Å². The van der Waals surface area contributed by atoms with Gasteiger partial charge in [-0.3, -0.25) is 4.57 Å². The van der Waals surface area contributed by atoms with Crippen LogP contribution in [0, 0.1) is 0 Å². The van der Waals surface area contributed by atoms with Crippen LogP contribution in [0.3, 0.4) is 0 Å². The highest BCUT2D eigenvalue weighted by atomic mass is 35.5. The first-order valence-corrected chi connectivity index (χ1v) is 6.43. The van der Waals surface area contributed by atoms with Gasteiger partial charge in [-0.15, -0.1) is 11.6 Å². The van der Waals surface area contributed by atoms with Crippen molar-refractivity contribution in [2.24, 2.45) is 0 Å². The largest absolute Gasteiger partial charge is 0.351 e. The summed E-state index contributed by atoms with van der Waals surface area (Å²) in [6.07, 6.45) is 0.547. The smallest absolute Gasteiger partial charge is 0.308 e. The highest BCUT2D eigenvalue weighted by Gasteiger charge is 2.44. The van der Waals surface area contributed by atoms with Crippen molar-refractivity contribution >= 4 is 19.2 Å². The number of hydrogen-bond donors (Lipinski definition) is 0. The van der Waals surface area contributed by atoms with Crippen LogP contribution in [-0.4, -0.2) is 17.8 Å². The molecular formula is C8H18ClO3P.